The highest BCUT2D eigenvalue weighted by Gasteiger charge is 2.43. The molecule has 2 aliphatic rings. The summed E-state index contributed by atoms with van der Waals surface area (Å²) in [5.41, 5.74) is -0.0702. The van der Waals surface area contributed by atoms with Gasteiger partial charge < -0.3 is 14.7 Å². The summed E-state index contributed by atoms with van der Waals surface area (Å²) in [5, 5.41) is 9.63. The minimum atomic E-state index is -0.636. The van der Waals surface area contributed by atoms with Crippen molar-refractivity contribution < 1.29 is 14.6 Å². The highest BCUT2D eigenvalue weighted by Crippen LogP contribution is 2.40. The summed E-state index contributed by atoms with van der Waals surface area (Å²) in [5.74, 6) is -0.636. The Bertz CT molecular complexity index is 323. The van der Waals surface area contributed by atoms with Gasteiger partial charge in [-0.2, -0.15) is 0 Å². The predicted octanol–water partition coefficient (Wildman–Crippen LogP) is 2.77. The molecule has 2 aliphatic heterocycles. The zero-order valence-electron chi connectivity index (χ0n) is 13.0. The maximum absolute atomic E-state index is 11.7. The summed E-state index contributed by atoms with van der Waals surface area (Å²) in [6.45, 7) is 8.57. The van der Waals surface area contributed by atoms with Crippen LogP contribution in [0.4, 0.5) is 0 Å². The number of rotatable bonds is 5. The quantitative estimate of drug-likeness (QED) is 0.843. The van der Waals surface area contributed by atoms with E-state index >= 15 is 0 Å². The van der Waals surface area contributed by atoms with Gasteiger partial charge in [0.05, 0.1) is 5.41 Å². The van der Waals surface area contributed by atoms with Crippen LogP contribution in [0.2, 0.25) is 0 Å². The van der Waals surface area contributed by atoms with E-state index in [4.69, 9.17) is 4.74 Å². The van der Waals surface area contributed by atoms with Crippen molar-refractivity contribution >= 4 is 5.97 Å². The average Bonchev–Trinajstić information content (AvgIpc) is 2.49. The Morgan fingerprint density at radius 1 is 1.10 bits per heavy atom. The van der Waals surface area contributed by atoms with E-state index in [1.54, 1.807) is 0 Å². The lowest BCUT2D eigenvalue weighted by Gasteiger charge is -2.44. The molecular weight excluding hydrogens is 254 g/mol. The first kappa shape index (κ1) is 15.8. The Hall–Kier alpha value is -0.610. The molecule has 0 aliphatic carbocycles. The molecule has 0 unspecified atom stereocenters. The molecule has 0 radical (unpaired) electrons. The van der Waals surface area contributed by atoms with E-state index in [1.807, 2.05) is 0 Å². The molecule has 2 heterocycles. The average molecular weight is 283 g/mol. The van der Waals surface area contributed by atoms with Gasteiger partial charge in [0.2, 0.25) is 0 Å². The van der Waals surface area contributed by atoms with Crippen molar-refractivity contribution in [3.8, 4) is 0 Å². The fourth-order valence-corrected chi connectivity index (χ4v) is 3.77. The molecule has 0 amide bonds. The second-order valence-electron chi connectivity index (χ2n) is 6.68. The van der Waals surface area contributed by atoms with Crippen LogP contribution in [0.5, 0.6) is 0 Å². The van der Waals surface area contributed by atoms with Gasteiger partial charge in [0.15, 0.2) is 0 Å². The van der Waals surface area contributed by atoms with Gasteiger partial charge in [0, 0.05) is 19.8 Å². The van der Waals surface area contributed by atoms with E-state index in [-0.39, 0.29) is 0 Å². The maximum atomic E-state index is 11.7. The van der Waals surface area contributed by atoms with Crippen LogP contribution >= 0.6 is 0 Å². The number of ether oxygens (including phenoxy) is 1. The van der Waals surface area contributed by atoms with E-state index in [9.17, 15) is 9.90 Å². The Balaban J connectivity index is 1.95. The highest BCUT2D eigenvalue weighted by atomic mass is 16.5. The summed E-state index contributed by atoms with van der Waals surface area (Å²) in [4.78, 5) is 14.1. The molecule has 20 heavy (non-hydrogen) atoms. The number of hydrogen-bond donors (Lipinski definition) is 1. The lowest BCUT2D eigenvalue weighted by atomic mass is 9.73. The SMILES string of the molecule is CCC1(CC)CCN(CC2(C(=O)O)CCOCC2)CC1. The zero-order valence-corrected chi connectivity index (χ0v) is 13.0. The summed E-state index contributed by atoms with van der Waals surface area (Å²) >= 11 is 0. The lowest BCUT2D eigenvalue weighted by Crippen LogP contribution is -2.50. The van der Waals surface area contributed by atoms with Crippen LogP contribution in [0.25, 0.3) is 0 Å². The van der Waals surface area contributed by atoms with Crippen LogP contribution in [0, 0.1) is 10.8 Å². The van der Waals surface area contributed by atoms with Gasteiger partial charge >= 0.3 is 5.97 Å². The summed E-state index contributed by atoms with van der Waals surface area (Å²) in [7, 11) is 0. The normalized spacial score (nSPS) is 26.3. The maximum Gasteiger partial charge on any atom is 0.311 e. The third-order valence-corrected chi connectivity index (χ3v) is 5.85. The van der Waals surface area contributed by atoms with E-state index in [0.29, 0.717) is 38.0 Å². The Morgan fingerprint density at radius 3 is 2.10 bits per heavy atom. The number of carboxylic acids is 1. The van der Waals surface area contributed by atoms with Crippen molar-refractivity contribution in [3.05, 3.63) is 0 Å². The van der Waals surface area contributed by atoms with Crippen molar-refractivity contribution in [1.29, 1.82) is 0 Å². The van der Waals surface area contributed by atoms with Crippen LogP contribution in [-0.4, -0.2) is 48.8 Å². The van der Waals surface area contributed by atoms with Gasteiger partial charge in [-0.3, -0.25) is 4.79 Å². The van der Waals surface area contributed by atoms with Crippen LogP contribution < -0.4 is 0 Å². The van der Waals surface area contributed by atoms with Crippen molar-refractivity contribution in [2.75, 3.05) is 32.8 Å². The minimum absolute atomic E-state index is 0.503. The van der Waals surface area contributed by atoms with Gasteiger partial charge in [-0.25, -0.2) is 0 Å². The molecule has 0 bridgehead atoms. The van der Waals surface area contributed by atoms with Crippen molar-refractivity contribution in [2.24, 2.45) is 10.8 Å². The Morgan fingerprint density at radius 2 is 1.65 bits per heavy atom. The molecular formula is C16H29NO3. The number of aliphatic carboxylic acids is 1. The van der Waals surface area contributed by atoms with E-state index in [1.165, 1.54) is 25.7 Å². The van der Waals surface area contributed by atoms with Gasteiger partial charge in [-0.1, -0.05) is 26.7 Å². The first-order valence-electron chi connectivity index (χ1n) is 8.09. The number of likely N-dealkylation sites (tertiary alicyclic amines) is 1. The molecule has 0 atom stereocenters. The predicted molar refractivity (Wildman–Crippen MR) is 78.8 cm³/mol. The smallest absolute Gasteiger partial charge is 0.311 e. The molecule has 2 saturated heterocycles. The summed E-state index contributed by atoms with van der Waals surface area (Å²) < 4.78 is 5.35. The number of carbonyl (C=O) groups is 1. The Labute approximate surface area is 122 Å². The molecule has 116 valence electrons. The number of hydrogen-bond acceptors (Lipinski definition) is 3. The van der Waals surface area contributed by atoms with Crippen molar-refractivity contribution in [1.82, 2.24) is 4.90 Å². The Kier molecular flexibility index (Phi) is 5.08. The van der Waals surface area contributed by atoms with E-state index < -0.39 is 11.4 Å². The molecule has 1 N–H and O–H groups in total. The highest BCUT2D eigenvalue weighted by molar-refractivity contribution is 5.75. The monoisotopic (exact) mass is 283 g/mol. The van der Waals surface area contributed by atoms with Crippen molar-refractivity contribution in [2.45, 2.75) is 52.4 Å². The van der Waals surface area contributed by atoms with Crippen LogP contribution in [-0.2, 0) is 9.53 Å². The third kappa shape index (κ3) is 3.17. The first-order valence-corrected chi connectivity index (χ1v) is 8.09. The molecule has 0 aromatic heterocycles. The first-order chi connectivity index (χ1) is 9.56. The summed E-state index contributed by atoms with van der Waals surface area (Å²) in [6, 6.07) is 0. The second kappa shape index (κ2) is 6.44. The van der Waals surface area contributed by atoms with Crippen LogP contribution in [0.3, 0.4) is 0 Å². The number of carboxylic acid groups (broad SMARTS) is 1. The summed E-state index contributed by atoms with van der Waals surface area (Å²) in [6.07, 6.45) is 6.24. The molecule has 0 saturated carbocycles. The van der Waals surface area contributed by atoms with Crippen LogP contribution in [0.15, 0.2) is 0 Å². The zero-order chi connectivity index (χ0) is 14.6. The molecule has 4 nitrogen and oxygen atoms in total. The molecule has 0 aromatic rings. The minimum Gasteiger partial charge on any atom is -0.481 e. The number of nitrogens with zero attached hydrogens (tertiary/aromatic N) is 1. The topological polar surface area (TPSA) is 49.8 Å². The number of piperidine rings is 1. The standard InChI is InChI=1S/C16H29NO3/c1-3-15(4-2)5-9-17(10-6-15)13-16(14(18)19)7-11-20-12-8-16/h3-13H2,1-2H3,(H,18,19). The van der Waals surface area contributed by atoms with Gasteiger partial charge in [0.25, 0.3) is 0 Å². The third-order valence-electron chi connectivity index (χ3n) is 5.85. The van der Waals surface area contributed by atoms with E-state index in [0.717, 1.165) is 13.1 Å². The largest absolute Gasteiger partial charge is 0.481 e. The van der Waals surface area contributed by atoms with Gasteiger partial charge in [-0.15, -0.1) is 0 Å². The van der Waals surface area contributed by atoms with Crippen LogP contribution in [0.1, 0.15) is 52.4 Å². The molecule has 4 heteroatoms. The van der Waals surface area contributed by atoms with Crippen molar-refractivity contribution in [3.63, 3.8) is 0 Å². The van der Waals surface area contributed by atoms with Gasteiger partial charge in [0.1, 0.15) is 0 Å². The lowest BCUT2D eigenvalue weighted by molar-refractivity contribution is -0.157. The molecule has 0 spiro atoms. The fraction of sp³-hybridized carbons (Fsp3) is 0.938. The molecule has 0 aromatic carbocycles. The second-order valence-corrected chi connectivity index (χ2v) is 6.68. The van der Waals surface area contributed by atoms with E-state index in [2.05, 4.69) is 18.7 Å². The van der Waals surface area contributed by atoms with Gasteiger partial charge in [-0.05, 0) is 44.2 Å². The molecule has 2 rings (SSSR count). The molecule has 2 fully saturated rings. The fourth-order valence-electron chi connectivity index (χ4n) is 3.77.